The molecule has 0 N–H and O–H groups in total. The molecular formula is C23H22N2OS. The zero-order chi connectivity index (χ0) is 18.5. The van der Waals surface area contributed by atoms with Crippen molar-refractivity contribution in [2.24, 2.45) is 5.10 Å². The Bertz CT molecular complexity index is 1020. The van der Waals surface area contributed by atoms with E-state index in [0.717, 1.165) is 17.9 Å². The van der Waals surface area contributed by atoms with Gasteiger partial charge in [0.15, 0.2) is 0 Å². The molecule has 5 rings (SSSR count). The number of aryl methyl sites for hydroxylation is 3. The van der Waals surface area contributed by atoms with Crippen LogP contribution in [0.1, 0.15) is 51.4 Å². The van der Waals surface area contributed by atoms with Crippen molar-refractivity contribution in [1.29, 1.82) is 0 Å². The lowest BCUT2D eigenvalue weighted by Crippen LogP contribution is -2.34. The zero-order valence-electron chi connectivity index (χ0n) is 15.8. The van der Waals surface area contributed by atoms with Crippen LogP contribution in [0.15, 0.2) is 59.0 Å². The number of benzene rings is 2. The number of hydrogen-bond acceptors (Lipinski definition) is 4. The lowest BCUT2D eigenvalue weighted by molar-refractivity contribution is -0.0198. The van der Waals surface area contributed by atoms with Gasteiger partial charge in [0.2, 0.25) is 6.23 Å². The Morgan fingerprint density at radius 2 is 1.81 bits per heavy atom. The maximum absolute atomic E-state index is 6.52. The monoisotopic (exact) mass is 374 g/mol. The van der Waals surface area contributed by atoms with Gasteiger partial charge in [0.05, 0.1) is 16.6 Å². The molecular weight excluding hydrogens is 352 g/mol. The molecule has 0 radical (unpaired) electrons. The van der Waals surface area contributed by atoms with E-state index in [2.05, 4.69) is 79.7 Å². The Balaban J connectivity index is 1.66. The van der Waals surface area contributed by atoms with E-state index >= 15 is 0 Å². The van der Waals surface area contributed by atoms with Crippen LogP contribution in [0.2, 0.25) is 0 Å². The molecule has 3 nitrogen and oxygen atoms in total. The summed E-state index contributed by atoms with van der Waals surface area (Å²) in [6.07, 6.45) is 0.726. The van der Waals surface area contributed by atoms with Gasteiger partial charge in [-0.05, 0) is 49.4 Å². The first-order valence-electron chi connectivity index (χ1n) is 9.35. The van der Waals surface area contributed by atoms with Crippen LogP contribution in [-0.4, -0.2) is 10.7 Å². The molecule has 2 aliphatic heterocycles. The molecule has 27 heavy (non-hydrogen) atoms. The smallest absolute Gasteiger partial charge is 0.214 e. The first-order chi connectivity index (χ1) is 13.1. The molecule has 0 fully saturated rings. The van der Waals surface area contributed by atoms with Crippen LogP contribution < -0.4 is 4.74 Å². The van der Waals surface area contributed by atoms with Crippen molar-refractivity contribution in [2.75, 3.05) is 0 Å². The number of para-hydroxylation sites is 1. The highest BCUT2D eigenvalue weighted by molar-refractivity contribution is 7.12. The quantitative estimate of drug-likeness (QED) is 0.556. The summed E-state index contributed by atoms with van der Waals surface area (Å²) in [6, 6.07) is 17.3. The van der Waals surface area contributed by atoms with Crippen molar-refractivity contribution in [2.45, 2.75) is 39.5 Å². The van der Waals surface area contributed by atoms with Gasteiger partial charge in [0, 0.05) is 17.5 Å². The summed E-state index contributed by atoms with van der Waals surface area (Å²) >= 11 is 1.75. The normalized spacial score (nSPS) is 20.7. The average Bonchev–Trinajstić information content (AvgIpc) is 3.30. The van der Waals surface area contributed by atoms with Crippen molar-refractivity contribution in [3.8, 4) is 5.75 Å². The first-order valence-corrected chi connectivity index (χ1v) is 10.2. The van der Waals surface area contributed by atoms with E-state index in [1.807, 2.05) is 0 Å². The molecule has 136 valence electrons. The maximum Gasteiger partial charge on any atom is 0.214 e. The van der Waals surface area contributed by atoms with Gasteiger partial charge in [-0.3, -0.25) is 0 Å². The molecule has 2 aromatic carbocycles. The Hall–Kier alpha value is -2.59. The molecule has 0 amide bonds. The van der Waals surface area contributed by atoms with Crippen molar-refractivity contribution in [3.05, 3.63) is 86.6 Å². The molecule has 0 saturated carbocycles. The van der Waals surface area contributed by atoms with Crippen LogP contribution >= 0.6 is 11.3 Å². The Morgan fingerprint density at radius 3 is 2.56 bits per heavy atom. The van der Waals surface area contributed by atoms with Crippen LogP contribution in [0.3, 0.4) is 0 Å². The molecule has 3 heterocycles. The number of ether oxygens (including phenoxy) is 1. The topological polar surface area (TPSA) is 24.8 Å². The molecule has 2 aliphatic rings. The summed E-state index contributed by atoms with van der Waals surface area (Å²) in [7, 11) is 0. The lowest BCUT2D eigenvalue weighted by atomic mass is 9.94. The third-order valence-corrected chi connectivity index (χ3v) is 6.41. The van der Waals surface area contributed by atoms with E-state index in [1.54, 1.807) is 11.3 Å². The van der Waals surface area contributed by atoms with E-state index in [1.165, 1.54) is 32.7 Å². The van der Waals surface area contributed by atoms with E-state index < -0.39 is 0 Å². The molecule has 0 unspecified atom stereocenters. The Morgan fingerprint density at radius 1 is 1.04 bits per heavy atom. The Kier molecular flexibility index (Phi) is 3.83. The molecule has 2 atom stereocenters. The minimum Gasteiger partial charge on any atom is -0.464 e. The number of hydrazone groups is 1. The predicted octanol–water partition coefficient (Wildman–Crippen LogP) is 5.92. The summed E-state index contributed by atoms with van der Waals surface area (Å²) in [6.45, 7) is 6.49. The number of hydrogen-bond donors (Lipinski definition) is 0. The van der Waals surface area contributed by atoms with Crippen molar-refractivity contribution < 1.29 is 4.74 Å². The van der Waals surface area contributed by atoms with Crippen LogP contribution in [0.4, 0.5) is 0 Å². The number of thiophene rings is 1. The van der Waals surface area contributed by atoms with E-state index in [-0.39, 0.29) is 12.3 Å². The molecule has 1 aromatic heterocycles. The minimum atomic E-state index is -0.192. The average molecular weight is 375 g/mol. The fourth-order valence-corrected chi connectivity index (χ4v) is 5.12. The van der Waals surface area contributed by atoms with Crippen LogP contribution in [0, 0.1) is 20.8 Å². The summed E-state index contributed by atoms with van der Waals surface area (Å²) < 4.78 is 6.52. The highest BCUT2D eigenvalue weighted by atomic mass is 32.1. The summed E-state index contributed by atoms with van der Waals surface area (Å²) in [5, 5.41) is 9.35. The SMILES string of the molecule is Cc1cc(C)c([C@H]2Oc3ccccc3[C@H]3CC(c4cccs4)=NN32)c(C)c1. The fourth-order valence-electron chi connectivity index (χ4n) is 4.40. The molecule has 0 spiro atoms. The van der Waals surface area contributed by atoms with Crippen molar-refractivity contribution >= 4 is 17.0 Å². The second-order valence-corrected chi connectivity index (χ2v) is 8.39. The zero-order valence-corrected chi connectivity index (χ0v) is 16.6. The third kappa shape index (κ3) is 2.67. The molecule has 4 heteroatoms. The summed E-state index contributed by atoms with van der Waals surface area (Å²) in [4.78, 5) is 1.25. The molecule has 3 aromatic rings. The number of nitrogens with zero attached hydrogens (tertiary/aromatic N) is 2. The molecule has 0 bridgehead atoms. The lowest BCUT2D eigenvalue weighted by Gasteiger charge is -2.39. The van der Waals surface area contributed by atoms with Gasteiger partial charge in [-0.2, -0.15) is 5.10 Å². The van der Waals surface area contributed by atoms with Gasteiger partial charge in [0.25, 0.3) is 0 Å². The van der Waals surface area contributed by atoms with Gasteiger partial charge in [-0.1, -0.05) is 42.0 Å². The minimum absolute atomic E-state index is 0.192. The van der Waals surface area contributed by atoms with E-state index in [0.29, 0.717) is 0 Å². The second-order valence-electron chi connectivity index (χ2n) is 7.44. The standard InChI is InChI=1S/C23H22N2OS/c1-14-11-15(2)22(16(3)12-14)23-25-19(17-7-4-5-8-20(17)26-23)13-18(24-25)21-9-6-10-27-21/h4-12,19,23H,13H2,1-3H3/t19-,23-/m1/s1. The van der Waals surface area contributed by atoms with Gasteiger partial charge in [-0.25, -0.2) is 5.01 Å². The van der Waals surface area contributed by atoms with E-state index in [4.69, 9.17) is 9.84 Å². The van der Waals surface area contributed by atoms with Gasteiger partial charge in [-0.15, -0.1) is 11.3 Å². The van der Waals surface area contributed by atoms with Crippen LogP contribution in [0.5, 0.6) is 5.75 Å². The molecule has 0 saturated heterocycles. The molecule has 0 aliphatic carbocycles. The van der Waals surface area contributed by atoms with Crippen LogP contribution in [0.25, 0.3) is 0 Å². The second kappa shape index (κ2) is 6.24. The van der Waals surface area contributed by atoms with Gasteiger partial charge >= 0.3 is 0 Å². The number of rotatable bonds is 2. The first kappa shape index (κ1) is 16.6. The summed E-state index contributed by atoms with van der Waals surface area (Å²) in [5.74, 6) is 0.978. The van der Waals surface area contributed by atoms with Gasteiger partial charge < -0.3 is 4.74 Å². The summed E-state index contributed by atoms with van der Waals surface area (Å²) in [5.41, 5.74) is 7.42. The number of fused-ring (bicyclic) bond motifs is 3. The highest BCUT2D eigenvalue weighted by Gasteiger charge is 2.41. The van der Waals surface area contributed by atoms with Gasteiger partial charge in [0.1, 0.15) is 5.75 Å². The maximum atomic E-state index is 6.52. The highest BCUT2D eigenvalue weighted by Crippen LogP contribution is 2.48. The van der Waals surface area contributed by atoms with Crippen LogP contribution in [-0.2, 0) is 0 Å². The predicted molar refractivity (Wildman–Crippen MR) is 111 cm³/mol. The third-order valence-electron chi connectivity index (χ3n) is 5.49. The van der Waals surface area contributed by atoms with Crippen molar-refractivity contribution in [3.63, 3.8) is 0 Å². The Labute approximate surface area is 163 Å². The fraction of sp³-hybridized carbons (Fsp3) is 0.261. The van der Waals surface area contributed by atoms with E-state index in [9.17, 15) is 0 Å². The van der Waals surface area contributed by atoms with Crippen molar-refractivity contribution in [1.82, 2.24) is 5.01 Å². The largest absolute Gasteiger partial charge is 0.464 e.